The predicted molar refractivity (Wildman–Crippen MR) is 133 cm³/mol. The summed E-state index contributed by atoms with van der Waals surface area (Å²) in [4.78, 5) is 16.7. The Morgan fingerprint density at radius 3 is 2.38 bits per heavy atom. The van der Waals surface area contributed by atoms with Gasteiger partial charge in [-0.3, -0.25) is 4.79 Å². The van der Waals surface area contributed by atoms with Gasteiger partial charge in [-0.1, -0.05) is 69.9 Å². The molecule has 9 heteroatoms. The number of benzene rings is 1. The maximum atomic E-state index is 12.8. The van der Waals surface area contributed by atoms with Gasteiger partial charge in [0.15, 0.2) is 6.67 Å². The van der Waals surface area contributed by atoms with Crippen LogP contribution in [0.15, 0.2) is 42.6 Å². The number of hydrogen-bond acceptors (Lipinski definition) is 6. The normalized spacial score (nSPS) is 12.2. The molecule has 0 saturated heterocycles. The third-order valence-corrected chi connectivity index (χ3v) is 5.69. The van der Waals surface area contributed by atoms with Gasteiger partial charge in [-0.15, -0.1) is 15.0 Å². The zero-order valence-electron chi connectivity index (χ0n) is 20.7. The first-order chi connectivity index (χ1) is 16.6. The third kappa shape index (κ3) is 8.06. The SMILES string of the molecule is CCCCCN(CCCCC)CC(C)NC(=O)c1ccn(Cn2nnc(-c3ccccc3)n2)n1. The predicted octanol–water partition coefficient (Wildman–Crippen LogP) is 3.84. The van der Waals surface area contributed by atoms with E-state index < -0.39 is 0 Å². The summed E-state index contributed by atoms with van der Waals surface area (Å²) in [6.07, 6.45) is 9.09. The average molecular weight is 467 g/mol. The molecule has 0 aliphatic rings. The molecule has 184 valence electrons. The van der Waals surface area contributed by atoms with Crippen LogP contribution < -0.4 is 5.32 Å². The number of rotatable bonds is 15. The number of carbonyl (C=O) groups is 1. The van der Waals surface area contributed by atoms with Gasteiger partial charge in [0.1, 0.15) is 5.69 Å². The van der Waals surface area contributed by atoms with Crippen molar-refractivity contribution in [1.29, 1.82) is 0 Å². The zero-order chi connectivity index (χ0) is 24.2. The van der Waals surface area contributed by atoms with Gasteiger partial charge in [0.05, 0.1) is 0 Å². The topological polar surface area (TPSA) is 93.8 Å². The molecule has 1 aromatic carbocycles. The molecule has 1 N–H and O–H groups in total. The molecule has 0 fully saturated rings. The van der Waals surface area contributed by atoms with Crippen molar-refractivity contribution in [2.75, 3.05) is 19.6 Å². The first-order valence-corrected chi connectivity index (χ1v) is 12.5. The number of nitrogens with one attached hydrogen (secondary N) is 1. The Kier molecular flexibility index (Phi) is 10.2. The Hall–Kier alpha value is -3.07. The van der Waals surface area contributed by atoms with Crippen molar-refractivity contribution in [1.82, 2.24) is 40.2 Å². The second-order valence-corrected chi connectivity index (χ2v) is 8.82. The van der Waals surface area contributed by atoms with Crippen molar-refractivity contribution in [3.8, 4) is 11.4 Å². The van der Waals surface area contributed by atoms with E-state index in [0.29, 0.717) is 11.5 Å². The molecule has 3 aromatic rings. The minimum absolute atomic E-state index is 0.0475. The molecule has 0 saturated carbocycles. The number of nitrogens with zero attached hydrogens (tertiary/aromatic N) is 7. The molecule has 1 atom stereocenters. The highest BCUT2D eigenvalue weighted by Gasteiger charge is 2.16. The molecule has 9 nitrogen and oxygen atoms in total. The minimum atomic E-state index is -0.162. The lowest BCUT2D eigenvalue weighted by molar-refractivity contribution is 0.0922. The molecular formula is C25H38N8O. The number of amides is 1. The van der Waals surface area contributed by atoms with Crippen LogP contribution in [0.2, 0.25) is 0 Å². The van der Waals surface area contributed by atoms with Gasteiger partial charge >= 0.3 is 0 Å². The largest absolute Gasteiger partial charge is 0.347 e. The Morgan fingerprint density at radius 2 is 1.71 bits per heavy atom. The standard InChI is InChI=1S/C25H38N8O/c1-4-6-11-16-31(17-12-7-5-2)19-21(3)26-25(34)23-15-18-32(28-23)20-33-29-24(27-30-33)22-13-9-8-10-14-22/h8-10,13-15,18,21H,4-7,11-12,16-17,19-20H2,1-3H3,(H,26,34). The Bertz CT molecular complexity index is 974. The summed E-state index contributed by atoms with van der Waals surface area (Å²) in [6.45, 7) is 9.82. The first kappa shape index (κ1) is 25.6. The highest BCUT2D eigenvalue weighted by Crippen LogP contribution is 2.12. The van der Waals surface area contributed by atoms with Gasteiger partial charge < -0.3 is 10.2 Å². The monoisotopic (exact) mass is 466 g/mol. The van der Waals surface area contributed by atoms with E-state index in [-0.39, 0.29) is 18.6 Å². The van der Waals surface area contributed by atoms with E-state index in [1.165, 1.54) is 43.3 Å². The second-order valence-electron chi connectivity index (χ2n) is 8.82. The Labute approximate surface area is 202 Å². The molecule has 0 aliphatic heterocycles. The van der Waals surface area contributed by atoms with Crippen molar-refractivity contribution in [3.05, 3.63) is 48.3 Å². The van der Waals surface area contributed by atoms with Gasteiger partial charge in [0.25, 0.3) is 5.91 Å². The third-order valence-electron chi connectivity index (χ3n) is 5.69. The fourth-order valence-electron chi connectivity index (χ4n) is 3.89. The summed E-state index contributed by atoms with van der Waals surface area (Å²) in [5, 5.41) is 20.1. The van der Waals surface area contributed by atoms with Crippen molar-refractivity contribution in [2.24, 2.45) is 0 Å². The summed E-state index contributed by atoms with van der Waals surface area (Å²) in [5.74, 6) is 0.395. The number of tetrazole rings is 1. The highest BCUT2D eigenvalue weighted by molar-refractivity contribution is 5.92. The molecule has 34 heavy (non-hydrogen) atoms. The van der Waals surface area contributed by atoms with E-state index in [1.807, 2.05) is 30.3 Å². The highest BCUT2D eigenvalue weighted by atomic mass is 16.2. The number of hydrogen-bond donors (Lipinski definition) is 1. The minimum Gasteiger partial charge on any atom is -0.347 e. The average Bonchev–Trinajstić information content (AvgIpc) is 3.50. The quantitative estimate of drug-likeness (QED) is 0.342. The van der Waals surface area contributed by atoms with Gasteiger partial charge in [0, 0.05) is 24.3 Å². The first-order valence-electron chi connectivity index (χ1n) is 12.5. The second kappa shape index (κ2) is 13.6. The van der Waals surface area contributed by atoms with Crippen LogP contribution in [-0.4, -0.2) is 66.5 Å². The molecule has 1 unspecified atom stereocenters. The van der Waals surface area contributed by atoms with Crippen LogP contribution >= 0.6 is 0 Å². The molecule has 0 spiro atoms. The van der Waals surface area contributed by atoms with E-state index in [2.05, 4.69) is 51.5 Å². The van der Waals surface area contributed by atoms with Gasteiger partial charge in [-0.2, -0.15) is 5.10 Å². The molecule has 1 amide bonds. The lowest BCUT2D eigenvalue weighted by Gasteiger charge is -2.26. The summed E-state index contributed by atoms with van der Waals surface area (Å²) in [7, 11) is 0. The van der Waals surface area contributed by atoms with Crippen LogP contribution in [0, 0.1) is 0 Å². The maximum absolute atomic E-state index is 12.8. The number of aromatic nitrogens is 6. The van der Waals surface area contributed by atoms with Crippen molar-refractivity contribution >= 4 is 5.91 Å². The molecule has 0 radical (unpaired) electrons. The fraction of sp³-hybridized carbons (Fsp3) is 0.560. The fourth-order valence-corrected chi connectivity index (χ4v) is 3.89. The van der Waals surface area contributed by atoms with Crippen LogP contribution in [-0.2, 0) is 6.67 Å². The summed E-state index contributed by atoms with van der Waals surface area (Å²) >= 11 is 0. The van der Waals surface area contributed by atoms with Crippen LogP contribution in [0.3, 0.4) is 0 Å². The molecule has 0 bridgehead atoms. The summed E-state index contributed by atoms with van der Waals surface area (Å²) in [6, 6.07) is 11.5. The van der Waals surface area contributed by atoms with Crippen molar-refractivity contribution in [3.63, 3.8) is 0 Å². The molecule has 3 rings (SSSR count). The van der Waals surface area contributed by atoms with Gasteiger partial charge in [0.2, 0.25) is 5.82 Å². The maximum Gasteiger partial charge on any atom is 0.272 e. The van der Waals surface area contributed by atoms with Crippen LogP contribution in [0.5, 0.6) is 0 Å². The van der Waals surface area contributed by atoms with Crippen LogP contribution in [0.1, 0.15) is 69.8 Å². The molecule has 2 heterocycles. The summed E-state index contributed by atoms with van der Waals surface area (Å²) < 4.78 is 1.64. The van der Waals surface area contributed by atoms with E-state index in [4.69, 9.17) is 0 Å². The van der Waals surface area contributed by atoms with Crippen molar-refractivity contribution in [2.45, 2.75) is 72.0 Å². The van der Waals surface area contributed by atoms with E-state index >= 15 is 0 Å². The zero-order valence-corrected chi connectivity index (χ0v) is 20.7. The Morgan fingerprint density at radius 1 is 1.00 bits per heavy atom. The van der Waals surface area contributed by atoms with E-state index in [9.17, 15) is 4.79 Å². The molecule has 2 aromatic heterocycles. The number of unbranched alkanes of at least 4 members (excludes halogenated alkanes) is 4. The van der Waals surface area contributed by atoms with E-state index in [0.717, 1.165) is 25.2 Å². The van der Waals surface area contributed by atoms with E-state index in [1.54, 1.807) is 16.9 Å². The van der Waals surface area contributed by atoms with Crippen molar-refractivity contribution < 1.29 is 4.79 Å². The number of carbonyl (C=O) groups excluding carboxylic acids is 1. The van der Waals surface area contributed by atoms with Crippen LogP contribution in [0.25, 0.3) is 11.4 Å². The Balaban J connectivity index is 1.51. The molecule has 0 aliphatic carbocycles. The lowest BCUT2D eigenvalue weighted by Crippen LogP contribution is -2.42. The molecular weight excluding hydrogens is 428 g/mol. The van der Waals surface area contributed by atoms with Gasteiger partial charge in [-0.05, 0) is 44.1 Å². The lowest BCUT2D eigenvalue weighted by atomic mass is 10.2. The van der Waals surface area contributed by atoms with Gasteiger partial charge in [-0.25, -0.2) is 4.68 Å². The summed E-state index contributed by atoms with van der Waals surface area (Å²) in [5.41, 5.74) is 1.29. The smallest absolute Gasteiger partial charge is 0.272 e. The van der Waals surface area contributed by atoms with Crippen LogP contribution in [0.4, 0.5) is 0 Å².